The molecule has 0 bridgehead atoms. The molecule has 2 aromatic rings. The summed E-state index contributed by atoms with van der Waals surface area (Å²) in [7, 11) is -0.734. The van der Waals surface area contributed by atoms with Crippen LogP contribution in [0.3, 0.4) is 0 Å². The van der Waals surface area contributed by atoms with Crippen LogP contribution in [0.1, 0.15) is 42.6 Å². The molecule has 3 N–H and O–H groups in total. The number of amides is 3. The molecule has 184 valence electrons. The van der Waals surface area contributed by atoms with Gasteiger partial charge in [-0.3, -0.25) is 4.79 Å². The Morgan fingerprint density at radius 3 is 2.26 bits per heavy atom. The molecule has 0 saturated carbocycles. The van der Waals surface area contributed by atoms with E-state index in [1.807, 2.05) is 26.0 Å². The van der Waals surface area contributed by atoms with Gasteiger partial charge in [0.15, 0.2) is 0 Å². The van der Waals surface area contributed by atoms with Gasteiger partial charge in [0.25, 0.3) is 5.91 Å². The van der Waals surface area contributed by atoms with E-state index < -0.39 is 10.0 Å². The SMILES string of the molecule is CC(C)NC(=O)Nc1ccc(CNC(=O)c2cc(S(=O)(=O)N(C)C)ccc2N2CCCC2)cc1. The number of rotatable bonds is 8. The number of carbonyl (C=O) groups is 2. The molecule has 1 aliphatic rings. The Kier molecular flexibility index (Phi) is 8.16. The standard InChI is InChI=1S/C24H33N5O4S/c1-17(2)26-24(31)27-19-9-7-18(8-10-19)16-25-23(30)21-15-20(34(32,33)28(3)4)11-12-22(21)29-13-5-6-14-29/h7-12,15,17H,5-6,13-14,16H2,1-4H3,(H,25,30)(H2,26,27,31). The Labute approximate surface area is 201 Å². The molecule has 2 aromatic carbocycles. The van der Waals surface area contributed by atoms with Gasteiger partial charge in [-0.25, -0.2) is 17.5 Å². The van der Waals surface area contributed by atoms with Crippen LogP contribution in [0.25, 0.3) is 0 Å². The molecule has 1 saturated heterocycles. The quantitative estimate of drug-likeness (QED) is 0.530. The van der Waals surface area contributed by atoms with Gasteiger partial charge in [0, 0.05) is 51.1 Å². The molecule has 0 aromatic heterocycles. The first-order valence-electron chi connectivity index (χ1n) is 11.3. The topological polar surface area (TPSA) is 111 Å². The molecule has 0 radical (unpaired) electrons. The summed E-state index contributed by atoms with van der Waals surface area (Å²) in [5, 5.41) is 8.41. The van der Waals surface area contributed by atoms with E-state index in [-0.39, 0.29) is 29.4 Å². The molecule has 1 heterocycles. The highest BCUT2D eigenvalue weighted by atomic mass is 32.2. The molecule has 9 nitrogen and oxygen atoms in total. The van der Waals surface area contributed by atoms with E-state index in [1.165, 1.54) is 20.2 Å². The van der Waals surface area contributed by atoms with Crippen LogP contribution < -0.4 is 20.9 Å². The van der Waals surface area contributed by atoms with Crippen molar-refractivity contribution in [2.75, 3.05) is 37.4 Å². The van der Waals surface area contributed by atoms with Crippen LogP contribution in [0.5, 0.6) is 0 Å². The van der Waals surface area contributed by atoms with Gasteiger partial charge < -0.3 is 20.9 Å². The van der Waals surface area contributed by atoms with E-state index in [2.05, 4.69) is 20.9 Å². The lowest BCUT2D eigenvalue weighted by molar-refractivity contribution is 0.0951. The second-order valence-corrected chi connectivity index (χ2v) is 10.9. The van der Waals surface area contributed by atoms with Gasteiger partial charge in [0.2, 0.25) is 10.0 Å². The molecular formula is C24H33N5O4S. The van der Waals surface area contributed by atoms with E-state index in [1.54, 1.807) is 24.3 Å². The summed E-state index contributed by atoms with van der Waals surface area (Å²) in [5.74, 6) is -0.337. The summed E-state index contributed by atoms with van der Waals surface area (Å²) >= 11 is 0. The summed E-state index contributed by atoms with van der Waals surface area (Å²) in [6.07, 6.45) is 2.07. The summed E-state index contributed by atoms with van der Waals surface area (Å²) in [4.78, 5) is 27.2. The summed E-state index contributed by atoms with van der Waals surface area (Å²) in [6, 6.07) is 11.7. The van der Waals surface area contributed by atoms with Crippen molar-refractivity contribution in [1.82, 2.24) is 14.9 Å². The Hall–Kier alpha value is -3.11. The van der Waals surface area contributed by atoms with Crippen LogP contribution in [0.4, 0.5) is 16.2 Å². The fourth-order valence-corrected chi connectivity index (χ4v) is 4.64. The predicted molar refractivity (Wildman–Crippen MR) is 134 cm³/mol. The third-order valence-corrected chi connectivity index (χ3v) is 7.33. The molecule has 1 aliphatic heterocycles. The number of nitrogens with one attached hydrogen (secondary N) is 3. The highest BCUT2D eigenvalue weighted by Gasteiger charge is 2.24. The first-order valence-corrected chi connectivity index (χ1v) is 12.8. The lowest BCUT2D eigenvalue weighted by Gasteiger charge is -2.22. The third-order valence-electron chi connectivity index (χ3n) is 5.52. The van der Waals surface area contributed by atoms with E-state index in [0.717, 1.165) is 41.5 Å². The maximum atomic E-state index is 13.1. The Bertz CT molecular complexity index is 1120. The molecule has 0 unspecified atom stereocenters. The molecule has 34 heavy (non-hydrogen) atoms. The maximum absolute atomic E-state index is 13.1. The average molecular weight is 488 g/mol. The molecule has 3 rings (SSSR count). The van der Waals surface area contributed by atoms with Crippen molar-refractivity contribution in [3.8, 4) is 0 Å². The molecule has 1 fully saturated rings. The zero-order valence-corrected chi connectivity index (χ0v) is 20.9. The van der Waals surface area contributed by atoms with E-state index in [0.29, 0.717) is 11.3 Å². The van der Waals surface area contributed by atoms with Gasteiger partial charge in [0.1, 0.15) is 0 Å². The van der Waals surface area contributed by atoms with Crippen molar-refractivity contribution in [2.24, 2.45) is 0 Å². The molecule has 0 aliphatic carbocycles. The van der Waals surface area contributed by atoms with E-state index in [4.69, 9.17) is 0 Å². The summed E-state index contributed by atoms with van der Waals surface area (Å²) < 4.78 is 26.4. The van der Waals surface area contributed by atoms with Crippen molar-refractivity contribution in [1.29, 1.82) is 0 Å². The molecule has 10 heteroatoms. The Morgan fingerprint density at radius 2 is 1.68 bits per heavy atom. The average Bonchev–Trinajstić information content (AvgIpc) is 3.32. The highest BCUT2D eigenvalue weighted by molar-refractivity contribution is 7.89. The van der Waals surface area contributed by atoms with Gasteiger partial charge >= 0.3 is 6.03 Å². The number of carbonyl (C=O) groups excluding carboxylic acids is 2. The van der Waals surface area contributed by atoms with Crippen molar-refractivity contribution in [3.05, 3.63) is 53.6 Å². The molecule has 0 spiro atoms. The number of sulfonamides is 1. The number of benzene rings is 2. The number of hydrogen-bond acceptors (Lipinski definition) is 5. The van der Waals surface area contributed by atoms with Crippen LogP contribution in [0.2, 0.25) is 0 Å². The van der Waals surface area contributed by atoms with Crippen LogP contribution in [0.15, 0.2) is 47.4 Å². The second kappa shape index (κ2) is 10.9. The van der Waals surface area contributed by atoms with E-state index in [9.17, 15) is 18.0 Å². The zero-order chi connectivity index (χ0) is 24.9. The van der Waals surface area contributed by atoms with Gasteiger partial charge in [-0.1, -0.05) is 12.1 Å². The fourth-order valence-electron chi connectivity index (χ4n) is 3.71. The third kappa shape index (κ3) is 6.27. The van der Waals surface area contributed by atoms with Gasteiger partial charge in [-0.05, 0) is 62.6 Å². The van der Waals surface area contributed by atoms with Gasteiger partial charge in [-0.15, -0.1) is 0 Å². The normalized spacial score (nSPS) is 13.9. The lowest BCUT2D eigenvalue weighted by Crippen LogP contribution is -2.34. The van der Waals surface area contributed by atoms with Gasteiger partial charge in [0.05, 0.1) is 10.5 Å². The van der Waals surface area contributed by atoms with Crippen LogP contribution in [-0.4, -0.2) is 57.9 Å². The van der Waals surface area contributed by atoms with E-state index >= 15 is 0 Å². The lowest BCUT2D eigenvalue weighted by atomic mass is 10.1. The largest absolute Gasteiger partial charge is 0.371 e. The minimum absolute atomic E-state index is 0.0335. The first-order chi connectivity index (χ1) is 16.1. The second-order valence-electron chi connectivity index (χ2n) is 8.79. The summed E-state index contributed by atoms with van der Waals surface area (Å²) in [6.45, 7) is 5.69. The molecule has 0 atom stereocenters. The summed E-state index contributed by atoms with van der Waals surface area (Å²) in [5.41, 5.74) is 2.57. The molecule has 3 amide bonds. The molecular weight excluding hydrogens is 454 g/mol. The van der Waals surface area contributed by atoms with Gasteiger partial charge in [-0.2, -0.15) is 0 Å². The van der Waals surface area contributed by atoms with Crippen molar-refractivity contribution in [2.45, 2.75) is 44.2 Å². The van der Waals surface area contributed by atoms with Crippen LogP contribution >= 0.6 is 0 Å². The van der Waals surface area contributed by atoms with Crippen molar-refractivity contribution >= 4 is 33.3 Å². The smallest absolute Gasteiger partial charge is 0.319 e. The number of urea groups is 1. The zero-order valence-electron chi connectivity index (χ0n) is 20.1. The maximum Gasteiger partial charge on any atom is 0.319 e. The fraction of sp³-hybridized carbons (Fsp3) is 0.417. The predicted octanol–water partition coefficient (Wildman–Crippen LogP) is 3.00. The van der Waals surface area contributed by atoms with Crippen molar-refractivity contribution < 1.29 is 18.0 Å². The Balaban J connectivity index is 1.75. The Morgan fingerprint density at radius 1 is 1.03 bits per heavy atom. The number of hydrogen-bond donors (Lipinski definition) is 3. The highest BCUT2D eigenvalue weighted by Crippen LogP contribution is 2.28. The number of anilines is 2. The number of nitrogens with zero attached hydrogens (tertiary/aromatic N) is 2. The minimum atomic E-state index is -3.67. The minimum Gasteiger partial charge on any atom is -0.371 e. The van der Waals surface area contributed by atoms with Crippen LogP contribution in [0, 0.1) is 0 Å². The monoisotopic (exact) mass is 487 g/mol. The first kappa shape index (κ1) is 25.5. The van der Waals surface area contributed by atoms with Crippen molar-refractivity contribution in [3.63, 3.8) is 0 Å². The van der Waals surface area contributed by atoms with Crippen LogP contribution in [-0.2, 0) is 16.6 Å².